The quantitative estimate of drug-likeness (QED) is 0.806. The Bertz CT molecular complexity index is 816. The predicted octanol–water partition coefficient (Wildman–Crippen LogP) is 2.46. The normalized spacial score (nSPS) is 17.0. The van der Waals surface area contributed by atoms with Gasteiger partial charge < -0.3 is 20.1 Å². The van der Waals surface area contributed by atoms with Crippen molar-refractivity contribution in [3.63, 3.8) is 0 Å². The summed E-state index contributed by atoms with van der Waals surface area (Å²) in [4.78, 5) is 27.7. The number of aliphatic carboxylic acids is 1. The van der Waals surface area contributed by atoms with Gasteiger partial charge in [-0.1, -0.05) is 12.1 Å². The first kappa shape index (κ1) is 16.5. The molecule has 24 heavy (non-hydrogen) atoms. The van der Waals surface area contributed by atoms with Crippen molar-refractivity contribution in [2.24, 2.45) is 0 Å². The lowest BCUT2D eigenvalue weighted by molar-refractivity contribution is -0.148. The third kappa shape index (κ3) is 2.57. The lowest BCUT2D eigenvalue weighted by Crippen LogP contribution is -2.57. The number of aromatic nitrogens is 1. The molecule has 6 nitrogen and oxygen atoms in total. The molecule has 1 saturated heterocycles. The Kier molecular flexibility index (Phi) is 4.09. The van der Waals surface area contributed by atoms with Crippen molar-refractivity contribution in [3.05, 3.63) is 34.5 Å². The van der Waals surface area contributed by atoms with E-state index >= 15 is 0 Å². The second kappa shape index (κ2) is 5.94. The molecule has 2 aromatic rings. The minimum atomic E-state index is -1.26. The van der Waals surface area contributed by atoms with Crippen LogP contribution in [-0.4, -0.2) is 40.7 Å². The molecule has 1 aromatic heterocycles. The number of carboxylic acids is 1. The first-order valence-electron chi connectivity index (χ1n) is 8.08. The minimum Gasteiger partial charge on any atom is -0.480 e. The molecule has 0 atom stereocenters. The number of benzene rings is 1. The number of hydrogen-bond acceptors (Lipinski definition) is 3. The molecule has 2 heterocycles. The predicted molar refractivity (Wildman–Crippen MR) is 90.4 cm³/mol. The summed E-state index contributed by atoms with van der Waals surface area (Å²) in [6.45, 7) is 6.53. The van der Waals surface area contributed by atoms with Gasteiger partial charge in [-0.15, -0.1) is 0 Å². The number of carboxylic acid groups (broad SMARTS) is 1. The van der Waals surface area contributed by atoms with Gasteiger partial charge in [0.25, 0.3) is 5.91 Å². The zero-order valence-corrected chi connectivity index (χ0v) is 14.2. The number of carbonyl (C=O) groups excluding carboxylic acids is 1. The van der Waals surface area contributed by atoms with Gasteiger partial charge in [0.1, 0.15) is 11.2 Å². The van der Waals surface area contributed by atoms with E-state index in [2.05, 4.69) is 10.3 Å². The van der Waals surface area contributed by atoms with Gasteiger partial charge in [0.05, 0.1) is 0 Å². The van der Waals surface area contributed by atoms with E-state index in [1.807, 2.05) is 32.9 Å². The molecular formula is C18H22N2O4. The maximum atomic E-state index is 12.8. The molecule has 3 rings (SSSR count). The first-order valence-corrected chi connectivity index (χ1v) is 8.08. The molecule has 6 heteroatoms. The van der Waals surface area contributed by atoms with E-state index in [0.29, 0.717) is 18.9 Å². The van der Waals surface area contributed by atoms with Crippen molar-refractivity contribution in [1.82, 2.24) is 10.3 Å². The highest BCUT2D eigenvalue weighted by molar-refractivity contribution is 6.04. The molecule has 0 saturated carbocycles. The summed E-state index contributed by atoms with van der Waals surface area (Å²) in [7, 11) is 0. The van der Waals surface area contributed by atoms with Crippen molar-refractivity contribution in [3.8, 4) is 0 Å². The molecule has 0 spiro atoms. The van der Waals surface area contributed by atoms with Crippen molar-refractivity contribution in [1.29, 1.82) is 0 Å². The molecule has 1 amide bonds. The largest absolute Gasteiger partial charge is 0.480 e. The van der Waals surface area contributed by atoms with Gasteiger partial charge >= 0.3 is 5.97 Å². The minimum absolute atomic E-state index is 0.269. The number of carbonyl (C=O) groups is 2. The summed E-state index contributed by atoms with van der Waals surface area (Å²) in [5, 5.41) is 13.4. The number of aryl methyl sites for hydroxylation is 3. The molecule has 3 N–H and O–H groups in total. The number of amides is 1. The highest BCUT2D eigenvalue weighted by atomic mass is 16.5. The molecule has 1 fully saturated rings. The van der Waals surface area contributed by atoms with Crippen LogP contribution in [0.4, 0.5) is 0 Å². The van der Waals surface area contributed by atoms with E-state index in [4.69, 9.17) is 4.74 Å². The maximum Gasteiger partial charge on any atom is 0.329 e. The lowest BCUT2D eigenvalue weighted by Gasteiger charge is -2.33. The van der Waals surface area contributed by atoms with Crippen LogP contribution in [0, 0.1) is 20.8 Å². The zero-order chi connectivity index (χ0) is 17.5. The molecule has 0 bridgehead atoms. The average molecular weight is 330 g/mol. The smallest absolute Gasteiger partial charge is 0.329 e. The van der Waals surface area contributed by atoms with Gasteiger partial charge in [-0.05, 0) is 37.5 Å². The highest BCUT2D eigenvalue weighted by Gasteiger charge is 2.42. The fraction of sp³-hybridized carbons (Fsp3) is 0.444. The van der Waals surface area contributed by atoms with E-state index in [1.165, 1.54) is 0 Å². The van der Waals surface area contributed by atoms with E-state index < -0.39 is 11.5 Å². The fourth-order valence-electron chi connectivity index (χ4n) is 3.42. The molecule has 1 aliphatic rings. The monoisotopic (exact) mass is 330 g/mol. The van der Waals surface area contributed by atoms with Crippen LogP contribution in [0.2, 0.25) is 0 Å². The summed E-state index contributed by atoms with van der Waals surface area (Å²) in [6.07, 6.45) is 0.539. The lowest BCUT2D eigenvalue weighted by atomic mass is 9.90. The zero-order valence-electron chi connectivity index (χ0n) is 14.2. The maximum absolute atomic E-state index is 12.8. The standard InChI is InChI=1S/C18H22N2O4/c1-10-4-5-11(2)14-13(10)12(3)15(19-14)16(21)20-18(17(22)23)6-8-24-9-7-18/h4-5,19H,6-9H2,1-3H3,(H,20,21)(H,22,23). The third-order valence-electron chi connectivity index (χ3n) is 4.96. The summed E-state index contributed by atoms with van der Waals surface area (Å²) < 4.78 is 5.24. The summed E-state index contributed by atoms with van der Waals surface area (Å²) in [5.74, 6) is -1.40. The van der Waals surface area contributed by atoms with Crippen LogP contribution in [0.5, 0.6) is 0 Å². The molecule has 1 aromatic carbocycles. The van der Waals surface area contributed by atoms with Crippen LogP contribution in [0.1, 0.15) is 40.0 Å². The van der Waals surface area contributed by atoms with Gasteiger partial charge in [0, 0.05) is 37.0 Å². The third-order valence-corrected chi connectivity index (χ3v) is 4.96. The molecular weight excluding hydrogens is 308 g/mol. The highest BCUT2D eigenvalue weighted by Crippen LogP contribution is 2.29. The Morgan fingerprint density at radius 2 is 1.79 bits per heavy atom. The van der Waals surface area contributed by atoms with Crippen molar-refractivity contribution >= 4 is 22.8 Å². The number of H-pyrrole nitrogens is 1. The Labute approximate surface area is 140 Å². The Balaban J connectivity index is 2.00. The van der Waals surface area contributed by atoms with Gasteiger partial charge in [0.2, 0.25) is 0 Å². The number of rotatable bonds is 3. The van der Waals surface area contributed by atoms with Crippen LogP contribution in [-0.2, 0) is 9.53 Å². The first-order chi connectivity index (χ1) is 11.4. The number of fused-ring (bicyclic) bond motifs is 1. The van der Waals surface area contributed by atoms with Gasteiger partial charge in [-0.3, -0.25) is 4.79 Å². The number of hydrogen-bond donors (Lipinski definition) is 3. The second-order valence-electron chi connectivity index (χ2n) is 6.53. The van der Waals surface area contributed by atoms with Crippen LogP contribution in [0.25, 0.3) is 10.9 Å². The number of aromatic amines is 1. The second-order valence-corrected chi connectivity index (χ2v) is 6.53. The van der Waals surface area contributed by atoms with Crippen molar-refractivity contribution < 1.29 is 19.4 Å². The summed E-state index contributed by atoms with van der Waals surface area (Å²) in [5.41, 5.74) is 3.07. The van der Waals surface area contributed by atoms with E-state index in [-0.39, 0.29) is 18.7 Å². The van der Waals surface area contributed by atoms with E-state index in [0.717, 1.165) is 27.6 Å². The molecule has 0 radical (unpaired) electrons. The summed E-state index contributed by atoms with van der Waals surface area (Å²) >= 11 is 0. The number of ether oxygens (including phenoxy) is 1. The van der Waals surface area contributed by atoms with Crippen LogP contribution < -0.4 is 5.32 Å². The Morgan fingerprint density at radius 3 is 2.38 bits per heavy atom. The Morgan fingerprint density at radius 1 is 1.17 bits per heavy atom. The summed E-state index contributed by atoms with van der Waals surface area (Å²) in [6, 6.07) is 4.03. The molecule has 128 valence electrons. The molecule has 0 aliphatic carbocycles. The SMILES string of the molecule is Cc1ccc(C)c2c(C)c(C(=O)NC3(C(=O)O)CCOCC3)[nH]c12. The van der Waals surface area contributed by atoms with Crippen LogP contribution in [0.3, 0.4) is 0 Å². The number of nitrogens with one attached hydrogen (secondary N) is 2. The van der Waals surface area contributed by atoms with Gasteiger partial charge in [0.15, 0.2) is 0 Å². The van der Waals surface area contributed by atoms with Gasteiger partial charge in [-0.25, -0.2) is 4.79 Å². The molecule has 0 unspecified atom stereocenters. The van der Waals surface area contributed by atoms with Crippen LogP contribution in [0.15, 0.2) is 12.1 Å². The topological polar surface area (TPSA) is 91.4 Å². The fourth-order valence-corrected chi connectivity index (χ4v) is 3.42. The Hall–Kier alpha value is -2.34. The van der Waals surface area contributed by atoms with E-state index in [9.17, 15) is 14.7 Å². The van der Waals surface area contributed by atoms with Gasteiger partial charge in [-0.2, -0.15) is 0 Å². The average Bonchev–Trinajstić information content (AvgIpc) is 2.91. The van der Waals surface area contributed by atoms with E-state index in [1.54, 1.807) is 0 Å². The molecule has 1 aliphatic heterocycles. The van der Waals surface area contributed by atoms with Crippen molar-refractivity contribution in [2.45, 2.75) is 39.2 Å². The van der Waals surface area contributed by atoms with Crippen molar-refractivity contribution in [2.75, 3.05) is 13.2 Å². The van der Waals surface area contributed by atoms with Crippen LogP contribution >= 0.6 is 0 Å².